The summed E-state index contributed by atoms with van der Waals surface area (Å²) >= 11 is 4.38. The number of carbonyl (C=O) groups is 1. The van der Waals surface area contributed by atoms with Crippen LogP contribution in [0.3, 0.4) is 0 Å². The van der Waals surface area contributed by atoms with Gasteiger partial charge in [-0.15, -0.1) is 12.6 Å². The molecule has 2 nitrogen and oxygen atoms in total. The highest BCUT2D eigenvalue weighted by Crippen LogP contribution is 2.16. The Kier molecular flexibility index (Phi) is 3.83. The van der Waals surface area contributed by atoms with E-state index in [2.05, 4.69) is 17.9 Å². The SMILES string of the molecule is O=C(NC(S)c1ccccc1)c1ccccc1. The second-order valence-corrected chi connectivity index (χ2v) is 4.17. The number of hydrogen-bond acceptors (Lipinski definition) is 2. The molecule has 0 fully saturated rings. The highest BCUT2D eigenvalue weighted by molar-refractivity contribution is 7.80. The minimum Gasteiger partial charge on any atom is -0.336 e. The van der Waals surface area contributed by atoms with Gasteiger partial charge in [0.15, 0.2) is 0 Å². The first-order chi connectivity index (χ1) is 8.27. The average molecular weight is 243 g/mol. The van der Waals surface area contributed by atoms with Crippen LogP contribution in [0.4, 0.5) is 0 Å². The molecule has 0 saturated heterocycles. The van der Waals surface area contributed by atoms with Gasteiger partial charge >= 0.3 is 0 Å². The predicted molar refractivity (Wildman–Crippen MR) is 72.1 cm³/mol. The molecule has 0 heterocycles. The zero-order valence-corrected chi connectivity index (χ0v) is 10.1. The maximum atomic E-state index is 11.9. The Morgan fingerprint density at radius 3 is 2.06 bits per heavy atom. The van der Waals surface area contributed by atoms with Crippen LogP contribution >= 0.6 is 12.6 Å². The monoisotopic (exact) mass is 243 g/mol. The minimum atomic E-state index is -0.288. The van der Waals surface area contributed by atoms with Gasteiger partial charge in [-0.3, -0.25) is 4.79 Å². The van der Waals surface area contributed by atoms with E-state index >= 15 is 0 Å². The second-order valence-electron chi connectivity index (χ2n) is 3.65. The molecule has 2 rings (SSSR count). The molecule has 1 atom stereocenters. The summed E-state index contributed by atoms with van der Waals surface area (Å²) in [4.78, 5) is 11.9. The predicted octanol–water partition coefficient (Wildman–Crippen LogP) is 3.05. The lowest BCUT2D eigenvalue weighted by atomic mass is 10.2. The van der Waals surface area contributed by atoms with Crippen LogP contribution in [0, 0.1) is 0 Å². The van der Waals surface area contributed by atoms with Gasteiger partial charge in [0.05, 0.1) is 5.37 Å². The summed E-state index contributed by atoms with van der Waals surface area (Å²) < 4.78 is 0. The van der Waals surface area contributed by atoms with Crippen molar-refractivity contribution < 1.29 is 4.79 Å². The standard InChI is InChI=1S/C14H13NOS/c16-13(11-7-3-1-4-8-11)15-14(17)12-9-5-2-6-10-12/h1-10,14,17H,(H,15,16). The summed E-state index contributed by atoms with van der Waals surface area (Å²) in [7, 11) is 0. The third-order valence-corrected chi connectivity index (χ3v) is 2.85. The molecule has 3 heteroatoms. The first kappa shape index (κ1) is 11.7. The van der Waals surface area contributed by atoms with Crippen LogP contribution in [-0.4, -0.2) is 5.91 Å². The van der Waals surface area contributed by atoms with E-state index in [-0.39, 0.29) is 11.3 Å². The normalized spacial score (nSPS) is 11.8. The van der Waals surface area contributed by atoms with Crippen LogP contribution < -0.4 is 5.32 Å². The summed E-state index contributed by atoms with van der Waals surface area (Å²) in [6, 6.07) is 18.8. The van der Waals surface area contributed by atoms with E-state index in [1.807, 2.05) is 48.5 Å². The van der Waals surface area contributed by atoms with Crippen molar-refractivity contribution in [3.63, 3.8) is 0 Å². The van der Waals surface area contributed by atoms with E-state index in [1.54, 1.807) is 12.1 Å². The van der Waals surface area contributed by atoms with Gasteiger partial charge in [0.1, 0.15) is 0 Å². The van der Waals surface area contributed by atoms with E-state index in [4.69, 9.17) is 0 Å². The fourth-order valence-electron chi connectivity index (χ4n) is 1.52. The molecule has 2 aromatic rings. The first-order valence-corrected chi connectivity index (χ1v) is 5.88. The van der Waals surface area contributed by atoms with Crippen molar-refractivity contribution in [3.8, 4) is 0 Å². The summed E-state index contributed by atoms with van der Waals surface area (Å²) in [5.74, 6) is -0.116. The lowest BCUT2D eigenvalue weighted by Gasteiger charge is -2.13. The highest BCUT2D eigenvalue weighted by atomic mass is 32.1. The van der Waals surface area contributed by atoms with Gasteiger partial charge in [0.2, 0.25) is 0 Å². The third-order valence-electron chi connectivity index (χ3n) is 2.42. The molecule has 1 N–H and O–H groups in total. The molecule has 86 valence electrons. The van der Waals surface area contributed by atoms with Crippen LogP contribution in [-0.2, 0) is 0 Å². The van der Waals surface area contributed by atoms with Crippen molar-refractivity contribution in [3.05, 3.63) is 71.8 Å². The largest absolute Gasteiger partial charge is 0.336 e. The number of benzene rings is 2. The highest BCUT2D eigenvalue weighted by Gasteiger charge is 2.10. The second kappa shape index (κ2) is 5.55. The average Bonchev–Trinajstić information content (AvgIpc) is 2.40. The van der Waals surface area contributed by atoms with Crippen molar-refractivity contribution in [2.75, 3.05) is 0 Å². The van der Waals surface area contributed by atoms with Crippen LogP contribution in [0.1, 0.15) is 21.3 Å². The molecule has 0 aromatic heterocycles. The summed E-state index contributed by atoms with van der Waals surface area (Å²) in [6.45, 7) is 0. The van der Waals surface area contributed by atoms with E-state index in [0.717, 1.165) is 5.56 Å². The number of thiol groups is 1. The van der Waals surface area contributed by atoms with Crippen molar-refractivity contribution in [2.24, 2.45) is 0 Å². The fourth-order valence-corrected chi connectivity index (χ4v) is 1.81. The van der Waals surface area contributed by atoms with E-state index < -0.39 is 0 Å². The molecule has 1 amide bonds. The maximum Gasteiger partial charge on any atom is 0.252 e. The number of amides is 1. The molecule has 0 aliphatic carbocycles. The molecule has 1 unspecified atom stereocenters. The van der Waals surface area contributed by atoms with Gasteiger partial charge < -0.3 is 5.32 Å². The topological polar surface area (TPSA) is 29.1 Å². The minimum absolute atomic E-state index is 0.116. The Bertz CT molecular complexity index is 484. The number of hydrogen-bond donors (Lipinski definition) is 2. The Morgan fingerprint density at radius 1 is 0.941 bits per heavy atom. The smallest absolute Gasteiger partial charge is 0.252 e. The number of nitrogens with one attached hydrogen (secondary N) is 1. The summed E-state index contributed by atoms with van der Waals surface area (Å²) in [5, 5.41) is 2.55. The Labute approximate surface area is 106 Å². The van der Waals surface area contributed by atoms with E-state index in [9.17, 15) is 4.79 Å². The first-order valence-electron chi connectivity index (χ1n) is 5.36. The molecular weight excluding hydrogens is 230 g/mol. The lowest BCUT2D eigenvalue weighted by molar-refractivity contribution is 0.0950. The lowest BCUT2D eigenvalue weighted by Crippen LogP contribution is -2.25. The van der Waals surface area contributed by atoms with Gasteiger partial charge in [-0.2, -0.15) is 0 Å². The molecule has 0 saturated carbocycles. The molecule has 0 bridgehead atoms. The Balaban J connectivity index is 2.05. The van der Waals surface area contributed by atoms with Gasteiger partial charge in [-0.1, -0.05) is 48.5 Å². The van der Waals surface area contributed by atoms with Crippen LogP contribution in [0.25, 0.3) is 0 Å². The molecular formula is C14H13NOS. The zero-order chi connectivity index (χ0) is 12.1. The molecule has 0 radical (unpaired) electrons. The fraction of sp³-hybridized carbons (Fsp3) is 0.0714. The van der Waals surface area contributed by atoms with Gasteiger partial charge in [-0.25, -0.2) is 0 Å². The van der Waals surface area contributed by atoms with Gasteiger partial charge in [-0.05, 0) is 17.7 Å². The van der Waals surface area contributed by atoms with E-state index in [0.29, 0.717) is 5.56 Å². The number of carbonyl (C=O) groups excluding carboxylic acids is 1. The maximum absolute atomic E-state index is 11.9. The summed E-state index contributed by atoms with van der Waals surface area (Å²) in [6.07, 6.45) is 0. The third kappa shape index (κ3) is 3.11. The molecule has 0 aliphatic rings. The summed E-state index contributed by atoms with van der Waals surface area (Å²) in [5.41, 5.74) is 1.61. The van der Waals surface area contributed by atoms with E-state index in [1.165, 1.54) is 0 Å². The molecule has 0 aliphatic heterocycles. The van der Waals surface area contributed by atoms with Crippen LogP contribution in [0.5, 0.6) is 0 Å². The Hall–Kier alpha value is -1.74. The Morgan fingerprint density at radius 2 is 1.47 bits per heavy atom. The molecule has 17 heavy (non-hydrogen) atoms. The molecule has 0 spiro atoms. The van der Waals surface area contributed by atoms with Gasteiger partial charge in [0, 0.05) is 5.56 Å². The molecule has 2 aromatic carbocycles. The van der Waals surface area contributed by atoms with Crippen molar-refractivity contribution in [1.29, 1.82) is 0 Å². The quantitative estimate of drug-likeness (QED) is 0.629. The van der Waals surface area contributed by atoms with Crippen molar-refractivity contribution >= 4 is 18.5 Å². The zero-order valence-electron chi connectivity index (χ0n) is 9.21. The van der Waals surface area contributed by atoms with Gasteiger partial charge in [0.25, 0.3) is 5.91 Å². The van der Waals surface area contributed by atoms with Crippen LogP contribution in [0.2, 0.25) is 0 Å². The van der Waals surface area contributed by atoms with Crippen molar-refractivity contribution in [1.82, 2.24) is 5.32 Å². The van der Waals surface area contributed by atoms with Crippen molar-refractivity contribution in [2.45, 2.75) is 5.37 Å². The number of rotatable bonds is 3. The van der Waals surface area contributed by atoms with Crippen LogP contribution in [0.15, 0.2) is 60.7 Å².